The number of ether oxygens (including phenoxy) is 1. The van der Waals surface area contributed by atoms with Gasteiger partial charge in [-0.2, -0.15) is 0 Å². The number of hydrogen-bond acceptors (Lipinski definition) is 3. The van der Waals surface area contributed by atoms with Crippen LogP contribution < -0.4 is 15.8 Å². The molecule has 0 fully saturated rings. The van der Waals surface area contributed by atoms with Crippen LogP contribution in [-0.4, -0.2) is 19.2 Å². The van der Waals surface area contributed by atoms with Crippen molar-refractivity contribution in [3.8, 4) is 5.75 Å². The van der Waals surface area contributed by atoms with Gasteiger partial charge in [0.05, 0.1) is 6.61 Å². The first kappa shape index (κ1) is 17.0. The standard InChI is InChI=1S/C17H30N2O/c1-3-5-9-16(4-2)19-14-15-8-6-10-17(13-15)20-12-7-11-18/h6,8,10,13,16,19H,3-5,7,9,11-12,14,18H2,1-2H3. The zero-order valence-corrected chi connectivity index (χ0v) is 13.0. The lowest BCUT2D eigenvalue weighted by molar-refractivity contribution is 0.313. The normalized spacial score (nSPS) is 12.3. The molecule has 1 atom stereocenters. The lowest BCUT2D eigenvalue weighted by Gasteiger charge is -2.17. The fourth-order valence-electron chi connectivity index (χ4n) is 2.18. The van der Waals surface area contributed by atoms with E-state index in [1.54, 1.807) is 0 Å². The highest BCUT2D eigenvalue weighted by Crippen LogP contribution is 2.14. The summed E-state index contributed by atoms with van der Waals surface area (Å²) in [6.07, 6.45) is 5.92. The van der Waals surface area contributed by atoms with Gasteiger partial charge in [-0.3, -0.25) is 0 Å². The van der Waals surface area contributed by atoms with Gasteiger partial charge >= 0.3 is 0 Å². The molecule has 1 unspecified atom stereocenters. The predicted octanol–water partition coefficient (Wildman–Crippen LogP) is 3.47. The molecule has 3 heteroatoms. The monoisotopic (exact) mass is 278 g/mol. The molecular weight excluding hydrogens is 248 g/mol. The van der Waals surface area contributed by atoms with Crippen LogP contribution in [0.1, 0.15) is 51.5 Å². The molecule has 0 aromatic heterocycles. The summed E-state index contributed by atoms with van der Waals surface area (Å²) in [5.74, 6) is 0.944. The summed E-state index contributed by atoms with van der Waals surface area (Å²) in [7, 11) is 0. The van der Waals surface area contributed by atoms with Gasteiger partial charge in [-0.15, -0.1) is 0 Å². The molecule has 0 aliphatic carbocycles. The van der Waals surface area contributed by atoms with Crippen molar-refractivity contribution in [2.75, 3.05) is 13.2 Å². The third-order valence-electron chi connectivity index (χ3n) is 3.51. The summed E-state index contributed by atoms with van der Waals surface area (Å²) in [6, 6.07) is 8.96. The van der Waals surface area contributed by atoms with Crippen LogP contribution in [0.15, 0.2) is 24.3 Å². The van der Waals surface area contributed by atoms with Gasteiger partial charge in [0.15, 0.2) is 0 Å². The maximum Gasteiger partial charge on any atom is 0.119 e. The molecule has 0 radical (unpaired) electrons. The Kier molecular flexibility index (Phi) is 9.09. The van der Waals surface area contributed by atoms with Crippen LogP contribution in [0, 0.1) is 0 Å². The van der Waals surface area contributed by atoms with E-state index in [1.165, 1.54) is 31.2 Å². The molecule has 0 aliphatic heterocycles. The Morgan fingerprint density at radius 2 is 2.10 bits per heavy atom. The van der Waals surface area contributed by atoms with Gasteiger partial charge in [0.25, 0.3) is 0 Å². The van der Waals surface area contributed by atoms with Crippen molar-refractivity contribution in [3.63, 3.8) is 0 Å². The lowest BCUT2D eigenvalue weighted by atomic mass is 10.1. The molecule has 1 aromatic carbocycles. The molecule has 1 rings (SSSR count). The van der Waals surface area contributed by atoms with Crippen LogP contribution in [-0.2, 0) is 6.54 Å². The van der Waals surface area contributed by atoms with Crippen LogP contribution in [0.2, 0.25) is 0 Å². The van der Waals surface area contributed by atoms with Crippen molar-refractivity contribution in [1.82, 2.24) is 5.32 Å². The van der Waals surface area contributed by atoms with E-state index in [2.05, 4.69) is 37.4 Å². The smallest absolute Gasteiger partial charge is 0.119 e. The lowest BCUT2D eigenvalue weighted by Crippen LogP contribution is -2.27. The summed E-state index contributed by atoms with van der Waals surface area (Å²) >= 11 is 0. The number of benzene rings is 1. The summed E-state index contributed by atoms with van der Waals surface area (Å²) in [4.78, 5) is 0. The minimum Gasteiger partial charge on any atom is -0.494 e. The Bertz CT molecular complexity index is 355. The van der Waals surface area contributed by atoms with Crippen LogP contribution in [0.5, 0.6) is 5.75 Å². The average Bonchev–Trinajstić information content (AvgIpc) is 2.48. The molecule has 0 heterocycles. The molecule has 3 N–H and O–H groups in total. The van der Waals surface area contributed by atoms with E-state index in [4.69, 9.17) is 10.5 Å². The Balaban J connectivity index is 2.40. The second-order valence-electron chi connectivity index (χ2n) is 5.27. The van der Waals surface area contributed by atoms with Crippen molar-refractivity contribution in [3.05, 3.63) is 29.8 Å². The van der Waals surface area contributed by atoms with Crippen LogP contribution >= 0.6 is 0 Å². The summed E-state index contributed by atoms with van der Waals surface area (Å²) in [5, 5.41) is 3.64. The second-order valence-corrected chi connectivity index (χ2v) is 5.27. The molecule has 0 bridgehead atoms. The van der Waals surface area contributed by atoms with Crippen LogP contribution in [0.4, 0.5) is 0 Å². The third-order valence-corrected chi connectivity index (χ3v) is 3.51. The summed E-state index contributed by atoms with van der Waals surface area (Å²) in [6.45, 7) is 6.78. The minimum absolute atomic E-state index is 0.622. The van der Waals surface area contributed by atoms with Crippen molar-refractivity contribution in [2.24, 2.45) is 5.73 Å². The van der Waals surface area contributed by atoms with E-state index in [9.17, 15) is 0 Å². The number of nitrogens with two attached hydrogens (primary N) is 1. The Morgan fingerprint density at radius 1 is 1.25 bits per heavy atom. The van der Waals surface area contributed by atoms with Crippen LogP contribution in [0.25, 0.3) is 0 Å². The van der Waals surface area contributed by atoms with Crippen molar-refractivity contribution >= 4 is 0 Å². The first-order valence-electron chi connectivity index (χ1n) is 7.95. The topological polar surface area (TPSA) is 47.3 Å². The van der Waals surface area contributed by atoms with E-state index in [-0.39, 0.29) is 0 Å². The SMILES string of the molecule is CCCCC(CC)NCc1cccc(OCCCN)c1. The fraction of sp³-hybridized carbons (Fsp3) is 0.647. The van der Waals surface area contributed by atoms with Crippen molar-refractivity contribution in [1.29, 1.82) is 0 Å². The number of unbranched alkanes of at least 4 members (excludes halogenated alkanes) is 1. The zero-order chi connectivity index (χ0) is 14.6. The largest absolute Gasteiger partial charge is 0.494 e. The third kappa shape index (κ3) is 6.92. The molecule has 3 nitrogen and oxygen atoms in total. The quantitative estimate of drug-likeness (QED) is 0.609. The molecular formula is C17H30N2O. The maximum atomic E-state index is 5.68. The molecule has 20 heavy (non-hydrogen) atoms. The van der Waals surface area contributed by atoms with E-state index in [0.29, 0.717) is 19.2 Å². The first-order valence-corrected chi connectivity index (χ1v) is 7.95. The Labute approximate surface area is 123 Å². The van der Waals surface area contributed by atoms with Gasteiger partial charge < -0.3 is 15.8 Å². The van der Waals surface area contributed by atoms with E-state index >= 15 is 0 Å². The number of hydrogen-bond donors (Lipinski definition) is 2. The summed E-state index contributed by atoms with van der Waals surface area (Å²) in [5.41, 5.74) is 6.75. The minimum atomic E-state index is 0.622. The number of rotatable bonds is 11. The fourth-order valence-corrected chi connectivity index (χ4v) is 2.18. The first-order chi connectivity index (χ1) is 9.80. The van der Waals surface area contributed by atoms with Gasteiger partial charge in [-0.05, 0) is 43.5 Å². The van der Waals surface area contributed by atoms with Gasteiger partial charge in [-0.1, -0.05) is 38.8 Å². The second kappa shape index (κ2) is 10.7. The predicted molar refractivity (Wildman–Crippen MR) is 86.1 cm³/mol. The molecule has 0 saturated heterocycles. The highest BCUT2D eigenvalue weighted by molar-refractivity contribution is 5.28. The highest BCUT2D eigenvalue weighted by Gasteiger charge is 2.05. The Morgan fingerprint density at radius 3 is 2.80 bits per heavy atom. The molecule has 0 saturated carbocycles. The van der Waals surface area contributed by atoms with E-state index < -0.39 is 0 Å². The molecule has 0 aliphatic rings. The molecule has 0 amide bonds. The van der Waals surface area contributed by atoms with Gasteiger partial charge in [0, 0.05) is 12.6 Å². The molecule has 1 aromatic rings. The number of nitrogens with one attached hydrogen (secondary N) is 1. The van der Waals surface area contributed by atoms with Gasteiger partial charge in [-0.25, -0.2) is 0 Å². The molecule has 114 valence electrons. The Hall–Kier alpha value is -1.06. The van der Waals surface area contributed by atoms with Crippen molar-refractivity contribution < 1.29 is 4.74 Å². The van der Waals surface area contributed by atoms with E-state index in [0.717, 1.165) is 18.7 Å². The van der Waals surface area contributed by atoms with E-state index in [1.807, 2.05) is 6.07 Å². The van der Waals surface area contributed by atoms with Gasteiger partial charge in [0.2, 0.25) is 0 Å². The highest BCUT2D eigenvalue weighted by atomic mass is 16.5. The maximum absolute atomic E-state index is 5.68. The zero-order valence-electron chi connectivity index (χ0n) is 13.0. The molecule has 0 spiro atoms. The van der Waals surface area contributed by atoms with Gasteiger partial charge in [0.1, 0.15) is 5.75 Å². The summed E-state index contributed by atoms with van der Waals surface area (Å²) < 4.78 is 5.68. The van der Waals surface area contributed by atoms with Crippen molar-refractivity contribution in [2.45, 2.75) is 58.5 Å². The van der Waals surface area contributed by atoms with Crippen LogP contribution in [0.3, 0.4) is 0 Å². The average molecular weight is 278 g/mol.